The number of aromatic nitrogens is 2. The highest BCUT2D eigenvalue weighted by molar-refractivity contribution is 5.98. The molecule has 224 valence electrons. The van der Waals surface area contributed by atoms with Crippen LogP contribution in [0.4, 0.5) is 10.5 Å². The Labute approximate surface area is 250 Å². The van der Waals surface area contributed by atoms with Crippen LogP contribution in [0.5, 0.6) is 0 Å². The molecule has 0 saturated carbocycles. The summed E-state index contributed by atoms with van der Waals surface area (Å²) in [5, 5.41) is 3.46. The Morgan fingerprint density at radius 1 is 1.02 bits per heavy atom. The van der Waals surface area contributed by atoms with Gasteiger partial charge in [-0.3, -0.25) is 9.69 Å². The highest BCUT2D eigenvalue weighted by atomic mass is 16.5. The molecule has 4 aromatic rings. The fourth-order valence-corrected chi connectivity index (χ4v) is 5.75. The van der Waals surface area contributed by atoms with E-state index in [2.05, 4.69) is 10.3 Å². The number of H-pyrrole nitrogens is 1. The summed E-state index contributed by atoms with van der Waals surface area (Å²) in [5.74, 6) is -1.19. The average molecular weight is 584 g/mol. The third-order valence-electron chi connectivity index (χ3n) is 7.93. The molecule has 3 atom stereocenters. The number of morpholine rings is 1. The van der Waals surface area contributed by atoms with Crippen LogP contribution in [-0.2, 0) is 27.7 Å². The van der Waals surface area contributed by atoms with E-state index in [4.69, 9.17) is 15.2 Å². The summed E-state index contributed by atoms with van der Waals surface area (Å²) in [7, 11) is 3.00. The summed E-state index contributed by atoms with van der Waals surface area (Å²) in [6.07, 6.45) is 2.26. The zero-order valence-corrected chi connectivity index (χ0v) is 24.3. The molecule has 0 spiro atoms. The highest BCUT2D eigenvalue weighted by Crippen LogP contribution is 2.35. The molecule has 0 bridgehead atoms. The van der Waals surface area contributed by atoms with Crippen LogP contribution in [0.1, 0.15) is 40.8 Å². The van der Waals surface area contributed by atoms with Crippen molar-refractivity contribution >= 4 is 17.7 Å². The number of rotatable bonds is 10. The van der Waals surface area contributed by atoms with E-state index in [9.17, 15) is 14.4 Å². The number of ether oxygens (including phenoxy) is 2. The number of hydrogen-bond acceptors (Lipinski definition) is 6. The van der Waals surface area contributed by atoms with E-state index in [1.807, 2.05) is 84.9 Å². The molecule has 0 aliphatic carbocycles. The Kier molecular flexibility index (Phi) is 9.38. The lowest BCUT2D eigenvalue weighted by molar-refractivity contribution is -0.119. The first-order valence-electron chi connectivity index (χ1n) is 14.3. The maximum absolute atomic E-state index is 13.5. The van der Waals surface area contributed by atoms with Gasteiger partial charge in [-0.25, -0.2) is 9.59 Å². The number of imidazole rings is 1. The normalized spacial score (nSPS) is 17.4. The van der Waals surface area contributed by atoms with E-state index in [-0.39, 0.29) is 17.8 Å². The number of aryl methyl sites for hydroxylation is 2. The summed E-state index contributed by atoms with van der Waals surface area (Å²) in [4.78, 5) is 42.9. The van der Waals surface area contributed by atoms with Crippen LogP contribution in [0.2, 0.25) is 0 Å². The minimum atomic E-state index is -1.07. The van der Waals surface area contributed by atoms with E-state index >= 15 is 0 Å². The van der Waals surface area contributed by atoms with Gasteiger partial charge >= 0.3 is 11.8 Å². The topological polar surface area (TPSA) is 132 Å². The minimum absolute atomic E-state index is 0.0837. The number of methoxy groups -OCH3 is 1. The van der Waals surface area contributed by atoms with E-state index in [0.29, 0.717) is 31.7 Å². The van der Waals surface area contributed by atoms with Gasteiger partial charge in [-0.15, -0.1) is 0 Å². The van der Waals surface area contributed by atoms with Crippen LogP contribution < -0.4 is 21.6 Å². The summed E-state index contributed by atoms with van der Waals surface area (Å²) in [6, 6.07) is 25.5. The Hall–Kier alpha value is -4.67. The molecule has 2 amide bonds. The highest BCUT2D eigenvalue weighted by Gasteiger charge is 2.39. The lowest BCUT2D eigenvalue weighted by Gasteiger charge is -2.36. The number of carbonyl (C=O) groups excluding carboxylic acids is 2. The van der Waals surface area contributed by atoms with Crippen molar-refractivity contribution in [2.24, 2.45) is 12.8 Å². The minimum Gasteiger partial charge on any atom is -0.452 e. The fraction of sp³-hybridized carbons (Fsp3) is 0.303. The van der Waals surface area contributed by atoms with E-state index in [0.717, 1.165) is 22.4 Å². The number of para-hydroxylation sites is 1. The molecule has 1 aromatic heterocycles. The van der Waals surface area contributed by atoms with Crippen LogP contribution in [0, 0.1) is 0 Å². The van der Waals surface area contributed by atoms with E-state index in [1.165, 1.54) is 16.6 Å². The smallest absolute Gasteiger partial charge is 0.414 e. The zero-order chi connectivity index (χ0) is 30.3. The summed E-state index contributed by atoms with van der Waals surface area (Å²) >= 11 is 0. The molecule has 1 fully saturated rings. The summed E-state index contributed by atoms with van der Waals surface area (Å²) in [6.45, 7) is 1.01. The number of nitrogens with two attached hydrogens (primary N) is 1. The standard InChI is InChI=1S/C33H37N5O5/c1-37-20-26(36-32(37)40)27-21-43-25(19-35-27)18-17-22-11-9-10-16-28(22)38(33(41)42-2)30(31(34)39)29(23-12-5-3-6-13-23)24-14-7-4-8-15-24/h3-16,20,25,27,29-30,35H,17-19,21H2,1-2H3,(H2,34,39)(H,36,40)/t25-,27+,30+/m1/s1. The van der Waals surface area contributed by atoms with Crippen LogP contribution in [0.25, 0.3) is 0 Å². The van der Waals surface area contributed by atoms with Crippen molar-refractivity contribution < 1.29 is 19.1 Å². The first-order valence-corrected chi connectivity index (χ1v) is 14.3. The van der Waals surface area contributed by atoms with Gasteiger partial charge < -0.3 is 30.1 Å². The molecular formula is C33H37N5O5. The number of benzene rings is 3. The molecule has 0 radical (unpaired) electrons. The second-order valence-corrected chi connectivity index (χ2v) is 10.7. The van der Waals surface area contributed by atoms with Gasteiger partial charge in [0.1, 0.15) is 6.04 Å². The Bertz CT molecular complexity index is 1540. The lowest BCUT2D eigenvalue weighted by atomic mass is 9.83. The number of anilines is 1. The van der Waals surface area contributed by atoms with Crippen molar-refractivity contribution in [1.82, 2.24) is 14.9 Å². The number of aromatic amines is 1. The third-order valence-corrected chi connectivity index (χ3v) is 7.93. The maximum Gasteiger partial charge on any atom is 0.414 e. The molecular weight excluding hydrogens is 546 g/mol. The van der Waals surface area contributed by atoms with Gasteiger partial charge in [-0.2, -0.15) is 0 Å². The number of hydrogen-bond donors (Lipinski definition) is 3. The number of nitrogens with one attached hydrogen (secondary N) is 2. The largest absolute Gasteiger partial charge is 0.452 e. The molecule has 5 rings (SSSR count). The molecule has 4 N–H and O–H groups in total. The third kappa shape index (κ3) is 6.71. The second-order valence-electron chi connectivity index (χ2n) is 10.7. The van der Waals surface area contributed by atoms with E-state index < -0.39 is 24.0 Å². The molecule has 1 aliphatic rings. The molecule has 1 saturated heterocycles. The van der Waals surface area contributed by atoms with E-state index in [1.54, 1.807) is 13.2 Å². The quantitative estimate of drug-likeness (QED) is 0.261. The number of nitrogens with zero attached hydrogens (tertiary/aromatic N) is 2. The van der Waals surface area contributed by atoms with Crippen molar-refractivity contribution in [3.05, 3.63) is 124 Å². The fourth-order valence-electron chi connectivity index (χ4n) is 5.75. The van der Waals surface area contributed by atoms with Crippen molar-refractivity contribution in [3.63, 3.8) is 0 Å². The zero-order valence-electron chi connectivity index (χ0n) is 24.3. The summed E-state index contributed by atoms with van der Waals surface area (Å²) < 4.78 is 12.9. The first kappa shape index (κ1) is 29.8. The predicted octanol–water partition coefficient (Wildman–Crippen LogP) is 3.63. The van der Waals surface area contributed by atoms with Gasteiger partial charge in [-0.05, 0) is 35.6 Å². The van der Waals surface area contributed by atoms with Gasteiger partial charge in [0.25, 0.3) is 0 Å². The first-order chi connectivity index (χ1) is 20.9. The molecule has 43 heavy (non-hydrogen) atoms. The van der Waals surface area contributed by atoms with Gasteiger partial charge in [0.15, 0.2) is 0 Å². The SMILES string of the molecule is COC(=O)N(c1ccccc1CC[C@@H]1CN[C@H](c2cn(C)c(=O)[nH]2)CO1)[C@H](C(N)=O)C(c1ccccc1)c1ccccc1. The van der Waals surface area contributed by atoms with Crippen LogP contribution in [0.15, 0.2) is 95.9 Å². The Morgan fingerprint density at radius 2 is 1.65 bits per heavy atom. The van der Waals surface area contributed by atoms with Crippen LogP contribution in [0.3, 0.4) is 0 Å². The maximum atomic E-state index is 13.5. The van der Waals surface area contributed by atoms with Crippen molar-refractivity contribution in [1.29, 1.82) is 0 Å². The molecule has 2 heterocycles. The number of primary amides is 1. The van der Waals surface area contributed by atoms with Gasteiger partial charge in [0.05, 0.1) is 37.2 Å². The van der Waals surface area contributed by atoms with Gasteiger partial charge in [0, 0.05) is 25.7 Å². The molecule has 0 unspecified atom stereocenters. The Morgan fingerprint density at radius 3 is 2.19 bits per heavy atom. The molecule has 10 heteroatoms. The molecule has 3 aromatic carbocycles. The monoisotopic (exact) mass is 583 g/mol. The number of carbonyl (C=O) groups is 2. The molecule has 10 nitrogen and oxygen atoms in total. The summed E-state index contributed by atoms with van der Waals surface area (Å²) in [5.41, 5.74) is 9.84. The average Bonchev–Trinajstić information content (AvgIpc) is 3.38. The van der Waals surface area contributed by atoms with Gasteiger partial charge in [-0.1, -0.05) is 78.9 Å². The predicted molar refractivity (Wildman–Crippen MR) is 164 cm³/mol. The lowest BCUT2D eigenvalue weighted by Crippen LogP contribution is -2.52. The second kappa shape index (κ2) is 13.5. The van der Waals surface area contributed by atoms with Crippen molar-refractivity contribution in [2.75, 3.05) is 25.2 Å². The van der Waals surface area contributed by atoms with Gasteiger partial charge in [0.2, 0.25) is 5.91 Å². The molecule has 1 aliphatic heterocycles. The van der Waals surface area contributed by atoms with Crippen LogP contribution >= 0.6 is 0 Å². The number of amides is 2. The van der Waals surface area contributed by atoms with Crippen molar-refractivity contribution in [3.8, 4) is 0 Å². The Balaban J connectivity index is 1.42. The van der Waals surface area contributed by atoms with Crippen LogP contribution in [-0.4, -0.2) is 54.0 Å². The van der Waals surface area contributed by atoms with Crippen molar-refractivity contribution in [2.45, 2.75) is 36.9 Å².